The van der Waals surface area contributed by atoms with E-state index in [-0.39, 0.29) is 12.1 Å². The molecule has 0 unspecified atom stereocenters. The molecule has 96 valence electrons. The summed E-state index contributed by atoms with van der Waals surface area (Å²) in [4.78, 5) is 11.5. The lowest BCUT2D eigenvalue weighted by Crippen LogP contribution is -2.34. The minimum absolute atomic E-state index is 0.127. The van der Waals surface area contributed by atoms with Crippen LogP contribution >= 0.6 is 0 Å². The van der Waals surface area contributed by atoms with Crippen LogP contribution in [-0.4, -0.2) is 21.9 Å². The molecule has 0 atom stereocenters. The highest BCUT2D eigenvalue weighted by Crippen LogP contribution is 2.09. The van der Waals surface area contributed by atoms with Crippen molar-refractivity contribution in [2.75, 3.05) is 5.32 Å². The second kappa shape index (κ2) is 6.27. The highest BCUT2D eigenvalue weighted by Gasteiger charge is 2.08. The van der Waals surface area contributed by atoms with Gasteiger partial charge in [-0.2, -0.15) is 5.10 Å². The Morgan fingerprint density at radius 2 is 2.12 bits per heavy atom. The molecular weight excluding hydrogens is 216 g/mol. The molecule has 17 heavy (non-hydrogen) atoms. The molecule has 0 aromatic carbocycles. The number of urea groups is 1. The summed E-state index contributed by atoms with van der Waals surface area (Å²) in [7, 11) is 0. The summed E-state index contributed by atoms with van der Waals surface area (Å²) in [5, 5.41) is 9.77. The fraction of sp³-hybridized carbons (Fsp3) is 0.667. The van der Waals surface area contributed by atoms with E-state index in [2.05, 4.69) is 29.6 Å². The highest BCUT2D eigenvalue weighted by atomic mass is 16.2. The van der Waals surface area contributed by atoms with Crippen LogP contribution in [0.2, 0.25) is 0 Å². The normalized spacial score (nSPS) is 10.9. The molecule has 1 aromatic rings. The zero-order chi connectivity index (χ0) is 12.8. The minimum Gasteiger partial charge on any atom is -0.336 e. The number of rotatable bonds is 5. The molecule has 0 saturated carbocycles. The van der Waals surface area contributed by atoms with Crippen molar-refractivity contribution in [2.24, 2.45) is 5.92 Å². The van der Waals surface area contributed by atoms with Crippen molar-refractivity contribution in [3.8, 4) is 0 Å². The monoisotopic (exact) mass is 238 g/mol. The van der Waals surface area contributed by atoms with Crippen molar-refractivity contribution < 1.29 is 4.79 Å². The predicted molar refractivity (Wildman–Crippen MR) is 69.0 cm³/mol. The molecule has 0 saturated heterocycles. The number of carbonyl (C=O) groups is 1. The van der Waals surface area contributed by atoms with E-state index in [0.29, 0.717) is 5.92 Å². The lowest BCUT2D eigenvalue weighted by atomic mass is 10.1. The lowest BCUT2D eigenvalue weighted by molar-refractivity contribution is 0.249. The van der Waals surface area contributed by atoms with Crippen LogP contribution in [0.5, 0.6) is 0 Å². The van der Waals surface area contributed by atoms with Crippen LogP contribution in [-0.2, 0) is 6.54 Å². The molecule has 5 nitrogen and oxygen atoms in total. The summed E-state index contributed by atoms with van der Waals surface area (Å²) < 4.78 is 1.82. The predicted octanol–water partition coefficient (Wildman–Crippen LogP) is 2.46. The number of carbonyl (C=O) groups excluding carboxylic acids is 1. The summed E-state index contributed by atoms with van der Waals surface area (Å²) in [6.07, 6.45) is 2.74. The van der Waals surface area contributed by atoms with Gasteiger partial charge in [0.05, 0.1) is 6.20 Å². The van der Waals surface area contributed by atoms with E-state index >= 15 is 0 Å². The van der Waals surface area contributed by atoms with Crippen molar-refractivity contribution in [1.82, 2.24) is 15.1 Å². The molecule has 1 rings (SSSR count). The summed E-state index contributed by atoms with van der Waals surface area (Å²) in [5.74, 6) is 1.36. The van der Waals surface area contributed by atoms with Crippen LogP contribution in [0.3, 0.4) is 0 Å². The third-order valence-corrected chi connectivity index (χ3v) is 2.30. The van der Waals surface area contributed by atoms with E-state index in [1.54, 1.807) is 12.3 Å². The Hall–Kier alpha value is -1.52. The van der Waals surface area contributed by atoms with Gasteiger partial charge in [-0.05, 0) is 26.2 Å². The van der Waals surface area contributed by atoms with Gasteiger partial charge in [0.15, 0.2) is 0 Å². The second-order valence-corrected chi connectivity index (χ2v) is 4.88. The third kappa shape index (κ3) is 4.89. The maximum absolute atomic E-state index is 11.5. The number of nitrogens with one attached hydrogen (secondary N) is 2. The molecule has 0 aliphatic heterocycles. The van der Waals surface area contributed by atoms with Gasteiger partial charge >= 0.3 is 6.03 Å². The van der Waals surface area contributed by atoms with Crippen LogP contribution < -0.4 is 10.6 Å². The highest BCUT2D eigenvalue weighted by molar-refractivity contribution is 5.88. The first-order valence-electron chi connectivity index (χ1n) is 6.08. The molecule has 0 fully saturated rings. The molecule has 2 amide bonds. The molecule has 5 heteroatoms. The Kier molecular flexibility index (Phi) is 5.00. The van der Waals surface area contributed by atoms with Crippen molar-refractivity contribution >= 4 is 11.8 Å². The molecule has 0 aliphatic carbocycles. The zero-order valence-corrected chi connectivity index (χ0v) is 11.0. The van der Waals surface area contributed by atoms with Crippen molar-refractivity contribution in [2.45, 2.75) is 46.7 Å². The van der Waals surface area contributed by atoms with Crippen LogP contribution in [0.15, 0.2) is 12.3 Å². The molecule has 1 heterocycles. The van der Waals surface area contributed by atoms with Gasteiger partial charge in [0.1, 0.15) is 5.82 Å². The van der Waals surface area contributed by atoms with Gasteiger partial charge in [0.2, 0.25) is 0 Å². The quantitative estimate of drug-likeness (QED) is 0.827. The molecule has 1 aromatic heterocycles. The largest absolute Gasteiger partial charge is 0.336 e. The number of aryl methyl sites for hydroxylation is 1. The van der Waals surface area contributed by atoms with Gasteiger partial charge < -0.3 is 5.32 Å². The number of anilines is 1. The van der Waals surface area contributed by atoms with Gasteiger partial charge in [-0.25, -0.2) is 9.48 Å². The van der Waals surface area contributed by atoms with Gasteiger partial charge in [-0.3, -0.25) is 5.32 Å². The fourth-order valence-electron chi connectivity index (χ4n) is 1.41. The molecular formula is C12H22N4O. The Morgan fingerprint density at radius 3 is 2.71 bits per heavy atom. The van der Waals surface area contributed by atoms with E-state index in [0.717, 1.165) is 18.8 Å². The van der Waals surface area contributed by atoms with Crippen molar-refractivity contribution in [1.29, 1.82) is 0 Å². The summed E-state index contributed by atoms with van der Waals surface area (Å²) in [6.45, 7) is 9.01. The Balaban J connectivity index is 2.53. The molecule has 0 radical (unpaired) electrons. The maximum atomic E-state index is 11.5. The number of hydrogen-bond acceptors (Lipinski definition) is 2. The van der Waals surface area contributed by atoms with Gasteiger partial charge in [-0.15, -0.1) is 0 Å². The van der Waals surface area contributed by atoms with E-state index in [1.165, 1.54) is 0 Å². The number of hydrogen-bond donors (Lipinski definition) is 2. The van der Waals surface area contributed by atoms with Crippen molar-refractivity contribution in [3.05, 3.63) is 12.3 Å². The Bertz CT molecular complexity index is 357. The zero-order valence-electron chi connectivity index (χ0n) is 11.0. The SMILES string of the molecule is CC(C)CCn1nccc1NC(=O)NC(C)C. The van der Waals surface area contributed by atoms with Gasteiger partial charge in [-0.1, -0.05) is 13.8 Å². The third-order valence-electron chi connectivity index (χ3n) is 2.30. The maximum Gasteiger partial charge on any atom is 0.320 e. The second-order valence-electron chi connectivity index (χ2n) is 4.88. The average molecular weight is 238 g/mol. The van der Waals surface area contributed by atoms with E-state index in [9.17, 15) is 4.79 Å². The minimum atomic E-state index is -0.189. The van der Waals surface area contributed by atoms with Crippen LogP contribution in [0, 0.1) is 5.92 Å². The molecule has 0 bridgehead atoms. The van der Waals surface area contributed by atoms with E-state index < -0.39 is 0 Å². The first-order chi connectivity index (χ1) is 7.99. The fourth-order valence-corrected chi connectivity index (χ4v) is 1.41. The average Bonchev–Trinajstić information content (AvgIpc) is 2.60. The van der Waals surface area contributed by atoms with Gasteiger partial charge in [0.25, 0.3) is 0 Å². The lowest BCUT2D eigenvalue weighted by Gasteiger charge is -2.12. The topological polar surface area (TPSA) is 59.0 Å². The number of aromatic nitrogens is 2. The standard InChI is InChI=1S/C12H22N4O/c1-9(2)6-8-16-11(5-7-13-16)15-12(17)14-10(3)4/h5,7,9-10H,6,8H2,1-4H3,(H2,14,15,17). The Morgan fingerprint density at radius 1 is 1.41 bits per heavy atom. The summed E-state index contributed by atoms with van der Waals surface area (Å²) >= 11 is 0. The number of nitrogens with zero attached hydrogens (tertiary/aromatic N) is 2. The first kappa shape index (κ1) is 13.5. The molecule has 0 aliphatic rings. The Labute approximate surface area is 103 Å². The van der Waals surface area contributed by atoms with E-state index in [1.807, 2.05) is 18.5 Å². The number of amides is 2. The molecule has 2 N–H and O–H groups in total. The van der Waals surface area contributed by atoms with Gasteiger partial charge in [0, 0.05) is 18.7 Å². The van der Waals surface area contributed by atoms with Crippen LogP contribution in [0.4, 0.5) is 10.6 Å². The van der Waals surface area contributed by atoms with E-state index in [4.69, 9.17) is 0 Å². The summed E-state index contributed by atoms with van der Waals surface area (Å²) in [5.41, 5.74) is 0. The van der Waals surface area contributed by atoms with Crippen molar-refractivity contribution in [3.63, 3.8) is 0 Å². The van der Waals surface area contributed by atoms with Crippen LogP contribution in [0.25, 0.3) is 0 Å². The van der Waals surface area contributed by atoms with Crippen LogP contribution in [0.1, 0.15) is 34.1 Å². The molecule has 0 spiro atoms. The first-order valence-corrected chi connectivity index (χ1v) is 6.08. The smallest absolute Gasteiger partial charge is 0.320 e. The summed E-state index contributed by atoms with van der Waals surface area (Å²) in [6, 6.07) is 1.74.